The molecule has 0 unspecified atom stereocenters. The fourth-order valence-electron chi connectivity index (χ4n) is 2.50. The van der Waals surface area contributed by atoms with Crippen LogP contribution in [0.3, 0.4) is 0 Å². The summed E-state index contributed by atoms with van der Waals surface area (Å²) in [5, 5.41) is 9.04. The Morgan fingerprint density at radius 1 is 1.47 bits per heavy atom. The Kier molecular flexibility index (Phi) is 4.43. The highest BCUT2D eigenvalue weighted by Gasteiger charge is 2.19. The Hall–Kier alpha value is -1.55. The summed E-state index contributed by atoms with van der Waals surface area (Å²) in [5.41, 5.74) is 1.30. The van der Waals surface area contributed by atoms with E-state index in [1.165, 1.54) is 26.4 Å². The number of nitrogens with zero attached hydrogens (tertiary/aromatic N) is 1. The minimum atomic E-state index is -0.953. The van der Waals surface area contributed by atoms with Gasteiger partial charge in [0.05, 0.1) is 7.11 Å². The molecule has 1 aliphatic carbocycles. The van der Waals surface area contributed by atoms with Crippen LogP contribution in [0.4, 0.5) is 0 Å². The summed E-state index contributed by atoms with van der Waals surface area (Å²) in [6.07, 6.45) is 4.04. The number of aromatic carboxylic acids is 1. The van der Waals surface area contributed by atoms with Gasteiger partial charge in [0, 0.05) is 13.1 Å². The van der Waals surface area contributed by atoms with Crippen LogP contribution >= 0.6 is 0 Å². The summed E-state index contributed by atoms with van der Waals surface area (Å²) >= 11 is 0. The Bertz CT molecular complexity index is 455. The van der Waals surface area contributed by atoms with Crippen molar-refractivity contribution < 1.29 is 14.6 Å². The van der Waals surface area contributed by atoms with Crippen molar-refractivity contribution in [3.8, 4) is 5.75 Å². The number of ether oxygens (including phenoxy) is 1. The van der Waals surface area contributed by atoms with Gasteiger partial charge in [-0.25, -0.2) is 4.79 Å². The Morgan fingerprint density at radius 3 is 2.74 bits per heavy atom. The maximum Gasteiger partial charge on any atom is 0.339 e. The van der Waals surface area contributed by atoms with Crippen LogP contribution in [0.1, 0.15) is 35.2 Å². The second kappa shape index (κ2) is 6.06. The molecule has 0 saturated heterocycles. The van der Waals surface area contributed by atoms with E-state index in [1.807, 2.05) is 12.1 Å². The number of methoxy groups -OCH3 is 1. The topological polar surface area (TPSA) is 49.8 Å². The van der Waals surface area contributed by atoms with Crippen molar-refractivity contribution in [2.45, 2.75) is 25.8 Å². The molecule has 1 N–H and O–H groups in total. The van der Waals surface area contributed by atoms with Crippen molar-refractivity contribution in [3.05, 3.63) is 29.3 Å². The molecule has 1 saturated carbocycles. The van der Waals surface area contributed by atoms with E-state index < -0.39 is 5.97 Å². The first-order valence-electron chi connectivity index (χ1n) is 6.69. The number of carbonyl (C=O) groups is 1. The van der Waals surface area contributed by atoms with Crippen molar-refractivity contribution in [3.63, 3.8) is 0 Å². The van der Waals surface area contributed by atoms with Crippen molar-refractivity contribution in [2.24, 2.45) is 5.92 Å². The van der Waals surface area contributed by atoms with Gasteiger partial charge in [0.15, 0.2) is 0 Å². The highest BCUT2D eigenvalue weighted by atomic mass is 16.5. The number of rotatable bonds is 6. The summed E-state index contributed by atoms with van der Waals surface area (Å²) in [6.45, 7) is 1.94. The Morgan fingerprint density at radius 2 is 2.21 bits per heavy atom. The SMILES string of the molecule is COc1cc(CN(C)CC2CCC2)ccc1C(=O)O. The lowest BCUT2D eigenvalue weighted by atomic mass is 9.85. The van der Waals surface area contributed by atoms with Gasteiger partial charge in [-0.2, -0.15) is 0 Å². The number of carboxylic acid groups (broad SMARTS) is 1. The normalized spacial score (nSPS) is 15.3. The molecule has 0 amide bonds. The maximum absolute atomic E-state index is 11.0. The Labute approximate surface area is 114 Å². The molecule has 1 aromatic rings. The van der Waals surface area contributed by atoms with Crippen LogP contribution in [0.15, 0.2) is 18.2 Å². The lowest BCUT2D eigenvalue weighted by Gasteiger charge is -2.30. The van der Waals surface area contributed by atoms with Gasteiger partial charge in [-0.1, -0.05) is 12.5 Å². The van der Waals surface area contributed by atoms with E-state index in [0.29, 0.717) is 5.75 Å². The number of hydrogen-bond acceptors (Lipinski definition) is 3. The third-order valence-electron chi connectivity index (χ3n) is 3.74. The van der Waals surface area contributed by atoms with Gasteiger partial charge in [0.25, 0.3) is 0 Å². The minimum absolute atomic E-state index is 0.216. The lowest BCUT2D eigenvalue weighted by Crippen LogP contribution is -2.29. The molecule has 2 rings (SSSR count). The molecule has 1 aliphatic rings. The molecule has 0 spiro atoms. The summed E-state index contributed by atoms with van der Waals surface area (Å²) in [5.74, 6) is 0.318. The molecule has 19 heavy (non-hydrogen) atoms. The van der Waals surface area contributed by atoms with Gasteiger partial charge in [-0.15, -0.1) is 0 Å². The van der Waals surface area contributed by atoms with Gasteiger partial charge in [-0.05, 0) is 43.5 Å². The first kappa shape index (κ1) is 13.9. The highest BCUT2D eigenvalue weighted by Crippen LogP contribution is 2.27. The third kappa shape index (κ3) is 3.47. The van der Waals surface area contributed by atoms with Gasteiger partial charge < -0.3 is 14.7 Å². The summed E-state index contributed by atoms with van der Waals surface area (Å²) < 4.78 is 5.14. The highest BCUT2D eigenvalue weighted by molar-refractivity contribution is 5.90. The number of benzene rings is 1. The maximum atomic E-state index is 11.0. The first-order chi connectivity index (χ1) is 9.10. The molecular formula is C15H21NO3. The second-order valence-corrected chi connectivity index (χ2v) is 5.33. The largest absolute Gasteiger partial charge is 0.496 e. The van der Waals surface area contributed by atoms with E-state index in [4.69, 9.17) is 9.84 Å². The molecule has 0 radical (unpaired) electrons. The predicted octanol–water partition coefficient (Wildman–Crippen LogP) is 2.63. The van der Waals surface area contributed by atoms with Crippen LogP contribution in [0.2, 0.25) is 0 Å². The minimum Gasteiger partial charge on any atom is -0.496 e. The second-order valence-electron chi connectivity index (χ2n) is 5.33. The van der Waals surface area contributed by atoms with Crippen LogP contribution < -0.4 is 4.74 Å². The smallest absolute Gasteiger partial charge is 0.339 e. The zero-order chi connectivity index (χ0) is 13.8. The van der Waals surface area contributed by atoms with Gasteiger partial charge >= 0.3 is 5.97 Å². The molecule has 1 aromatic carbocycles. The molecule has 4 nitrogen and oxygen atoms in total. The van der Waals surface area contributed by atoms with Crippen LogP contribution in [-0.2, 0) is 6.54 Å². The van der Waals surface area contributed by atoms with Crippen LogP contribution in [0.5, 0.6) is 5.75 Å². The number of carboxylic acids is 1. The molecule has 104 valence electrons. The van der Waals surface area contributed by atoms with E-state index in [2.05, 4.69) is 11.9 Å². The zero-order valence-electron chi connectivity index (χ0n) is 11.6. The molecular weight excluding hydrogens is 242 g/mol. The lowest BCUT2D eigenvalue weighted by molar-refractivity contribution is 0.0693. The summed E-state index contributed by atoms with van der Waals surface area (Å²) in [4.78, 5) is 13.3. The number of hydrogen-bond donors (Lipinski definition) is 1. The summed E-state index contributed by atoms with van der Waals surface area (Å²) in [7, 11) is 3.61. The van der Waals surface area contributed by atoms with Crippen LogP contribution in [0, 0.1) is 5.92 Å². The van der Waals surface area contributed by atoms with Crippen molar-refractivity contribution in [1.82, 2.24) is 4.90 Å². The molecule has 0 atom stereocenters. The van der Waals surface area contributed by atoms with Gasteiger partial charge in [-0.3, -0.25) is 0 Å². The molecule has 0 heterocycles. The average molecular weight is 263 g/mol. The van der Waals surface area contributed by atoms with Crippen molar-refractivity contribution >= 4 is 5.97 Å². The fraction of sp³-hybridized carbons (Fsp3) is 0.533. The zero-order valence-corrected chi connectivity index (χ0v) is 11.6. The third-order valence-corrected chi connectivity index (χ3v) is 3.74. The predicted molar refractivity (Wildman–Crippen MR) is 73.6 cm³/mol. The van der Waals surface area contributed by atoms with E-state index in [9.17, 15) is 4.79 Å². The van der Waals surface area contributed by atoms with Crippen molar-refractivity contribution in [2.75, 3.05) is 20.7 Å². The molecule has 4 heteroatoms. The van der Waals surface area contributed by atoms with Crippen molar-refractivity contribution in [1.29, 1.82) is 0 Å². The molecule has 1 fully saturated rings. The van der Waals surface area contributed by atoms with E-state index in [0.717, 1.165) is 24.6 Å². The van der Waals surface area contributed by atoms with Crippen LogP contribution in [0.25, 0.3) is 0 Å². The fourth-order valence-corrected chi connectivity index (χ4v) is 2.50. The van der Waals surface area contributed by atoms with Gasteiger partial charge in [0.1, 0.15) is 11.3 Å². The monoisotopic (exact) mass is 263 g/mol. The quantitative estimate of drug-likeness (QED) is 0.857. The summed E-state index contributed by atoms with van der Waals surface area (Å²) in [6, 6.07) is 5.30. The average Bonchev–Trinajstić information content (AvgIpc) is 2.33. The standard InChI is InChI=1S/C15H21NO3/c1-16(9-11-4-3-5-11)10-12-6-7-13(15(17)18)14(8-12)19-2/h6-8,11H,3-5,9-10H2,1-2H3,(H,17,18). The molecule has 0 aromatic heterocycles. The van der Waals surface area contributed by atoms with E-state index >= 15 is 0 Å². The van der Waals surface area contributed by atoms with E-state index in [-0.39, 0.29) is 5.56 Å². The van der Waals surface area contributed by atoms with Crippen LogP contribution in [-0.4, -0.2) is 36.7 Å². The van der Waals surface area contributed by atoms with Gasteiger partial charge in [0.2, 0.25) is 0 Å². The molecule has 0 bridgehead atoms. The van der Waals surface area contributed by atoms with E-state index in [1.54, 1.807) is 6.07 Å². The first-order valence-corrected chi connectivity index (χ1v) is 6.69. The molecule has 0 aliphatic heterocycles. The Balaban J connectivity index is 2.01.